The van der Waals surface area contributed by atoms with E-state index < -0.39 is 5.97 Å². The smallest absolute Gasteiger partial charge is 0.345 e. The van der Waals surface area contributed by atoms with Crippen LogP contribution >= 0.6 is 11.3 Å². The van der Waals surface area contributed by atoms with Gasteiger partial charge in [-0.1, -0.05) is 24.3 Å². The van der Waals surface area contributed by atoms with Crippen LogP contribution in [0, 0.1) is 0 Å². The van der Waals surface area contributed by atoms with E-state index in [9.17, 15) is 14.4 Å². The van der Waals surface area contributed by atoms with E-state index in [1.165, 1.54) is 11.3 Å². The first-order valence-electron chi connectivity index (χ1n) is 11.5. The summed E-state index contributed by atoms with van der Waals surface area (Å²) in [6.45, 7) is 5.11. The Kier molecular flexibility index (Phi) is 7.33. The van der Waals surface area contributed by atoms with Gasteiger partial charge >= 0.3 is 5.97 Å². The fraction of sp³-hybridized carbons (Fsp3) is 0.400. The number of benzene rings is 1. The van der Waals surface area contributed by atoms with E-state index in [4.69, 9.17) is 4.74 Å². The monoisotopic (exact) mass is 482 g/mol. The molecule has 0 saturated carbocycles. The molecule has 0 N–H and O–H groups in total. The Bertz CT molecular complexity index is 1230. The molecule has 1 fully saturated rings. The molecule has 1 aromatic carbocycles. The van der Waals surface area contributed by atoms with E-state index in [1.807, 2.05) is 70.6 Å². The molecule has 0 atom stereocenters. The molecule has 1 amide bonds. The van der Waals surface area contributed by atoms with Crippen molar-refractivity contribution < 1.29 is 14.3 Å². The molecule has 1 aliphatic heterocycles. The van der Waals surface area contributed by atoms with Crippen LogP contribution in [0.4, 0.5) is 5.69 Å². The minimum absolute atomic E-state index is 0.0178. The van der Waals surface area contributed by atoms with E-state index in [1.54, 1.807) is 11.5 Å². The minimum Gasteiger partial charge on any atom is -0.462 e. The number of amides is 1. The first kappa shape index (κ1) is 24.0. The van der Waals surface area contributed by atoms with E-state index in [0.717, 1.165) is 15.8 Å². The normalized spacial score (nSPS) is 14.1. The van der Waals surface area contributed by atoms with Gasteiger partial charge in [0.15, 0.2) is 0 Å². The van der Waals surface area contributed by atoms with Crippen molar-refractivity contribution in [1.29, 1.82) is 0 Å². The van der Waals surface area contributed by atoms with Crippen LogP contribution in [-0.2, 0) is 11.3 Å². The number of esters is 1. The van der Waals surface area contributed by atoms with Crippen molar-refractivity contribution in [2.24, 2.45) is 0 Å². The van der Waals surface area contributed by atoms with E-state index in [2.05, 4.69) is 0 Å². The van der Waals surface area contributed by atoms with Gasteiger partial charge in [0.2, 0.25) is 0 Å². The van der Waals surface area contributed by atoms with Crippen LogP contribution in [0.25, 0.3) is 10.9 Å². The van der Waals surface area contributed by atoms with E-state index in [-0.39, 0.29) is 23.6 Å². The lowest BCUT2D eigenvalue weighted by Crippen LogP contribution is -2.49. The molecule has 0 unspecified atom stereocenters. The Labute approximate surface area is 202 Å². The lowest BCUT2D eigenvalue weighted by Gasteiger charge is -2.37. The number of likely N-dealkylation sites (N-methyl/N-ethyl adjacent to an activating group) is 1. The summed E-state index contributed by atoms with van der Waals surface area (Å²) in [6.07, 6.45) is 0. The number of piperazine rings is 1. The van der Waals surface area contributed by atoms with Crippen molar-refractivity contribution >= 4 is 39.8 Å². The van der Waals surface area contributed by atoms with Gasteiger partial charge in [0.05, 0.1) is 22.7 Å². The van der Waals surface area contributed by atoms with Crippen molar-refractivity contribution in [2.75, 3.05) is 58.3 Å². The summed E-state index contributed by atoms with van der Waals surface area (Å²) in [5, 5.41) is 2.73. The summed E-state index contributed by atoms with van der Waals surface area (Å²) in [5.41, 5.74) is 1.11. The maximum atomic E-state index is 13.7. The predicted molar refractivity (Wildman–Crippen MR) is 135 cm³/mol. The fourth-order valence-corrected chi connectivity index (χ4v) is 5.01. The molecule has 1 saturated heterocycles. The lowest BCUT2D eigenvalue weighted by atomic mass is 10.1. The lowest BCUT2D eigenvalue weighted by molar-refractivity contribution is 0.0523. The molecule has 0 spiro atoms. The average Bonchev–Trinajstić information content (AvgIpc) is 3.37. The Morgan fingerprint density at radius 1 is 1.06 bits per heavy atom. The molecule has 180 valence electrons. The maximum Gasteiger partial charge on any atom is 0.345 e. The molecule has 2 aromatic heterocycles. The molecule has 1 aliphatic rings. The number of carbonyl (C=O) groups excluding carboxylic acids is 2. The summed E-state index contributed by atoms with van der Waals surface area (Å²) < 4.78 is 6.99. The standard InChI is InChI=1S/C25H30N4O4S/c1-4-33-25(32)21-22(27-12-14-28(15-13-27)23(30)20-10-7-17-34-20)18-8-5-6-9-19(18)29(24(21)31)16-11-26(2)3/h5-10,17H,4,11-16H2,1-3H3. The van der Waals surface area contributed by atoms with Gasteiger partial charge in [-0.05, 0) is 38.5 Å². The van der Waals surface area contributed by atoms with E-state index >= 15 is 0 Å². The van der Waals surface area contributed by atoms with Gasteiger partial charge < -0.3 is 24.0 Å². The van der Waals surface area contributed by atoms with Crippen LogP contribution < -0.4 is 10.5 Å². The number of hydrogen-bond acceptors (Lipinski definition) is 7. The quantitative estimate of drug-likeness (QED) is 0.482. The molecule has 4 rings (SSSR count). The molecule has 0 bridgehead atoms. The van der Waals surface area contributed by atoms with Gasteiger partial charge in [0.25, 0.3) is 11.5 Å². The Morgan fingerprint density at radius 3 is 2.44 bits per heavy atom. The van der Waals surface area contributed by atoms with Crippen LogP contribution in [0.2, 0.25) is 0 Å². The van der Waals surface area contributed by atoms with Crippen LogP contribution in [0.5, 0.6) is 0 Å². The topological polar surface area (TPSA) is 75.1 Å². The summed E-state index contributed by atoms with van der Waals surface area (Å²) in [4.78, 5) is 46.1. The van der Waals surface area contributed by atoms with Gasteiger partial charge in [0, 0.05) is 44.7 Å². The number of fused-ring (bicyclic) bond motifs is 1. The van der Waals surface area contributed by atoms with Gasteiger partial charge in [-0.3, -0.25) is 9.59 Å². The van der Waals surface area contributed by atoms with Crippen molar-refractivity contribution in [3.8, 4) is 0 Å². The highest BCUT2D eigenvalue weighted by Crippen LogP contribution is 2.31. The fourth-order valence-electron chi connectivity index (χ4n) is 4.32. The third-order valence-electron chi connectivity index (χ3n) is 6.01. The highest BCUT2D eigenvalue weighted by atomic mass is 32.1. The number of carbonyl (C=O) groups is 2. The molecule has 9 heteroatoms. The zero-order chi connectivity index (χ0) is 24.2. The number of thiophene rings is 1. The first-order chi connectivity index (χ1) is 16.4. The number of hydrogen-bond donors (Lipinski definition) is 0. The highest BCUT2D eigenvalue weighted by molar-refractivity contribution is 7.12. The second kappa shape index (κ2) is 10.4. The Hall–Kier alpha value is -3.17. The highest BCUT2D eigenvalue weighted by Gasteiger charge is 2.30. The summed E-state index contributed by atoms with van der Waals surface area (Å²) >= 11 is 1.43. The number of para-hydroxylation sites is 1. The number of ether oxygens (including phenoxy) is 1. The van der Waals surface area contributed by atoms with Gasteiger partial charge in [0.1, 0.15) is 5.56 Å². The van der Waals surface area contributed by atoms with Crippen LogP contribution in [0.1, 0.15) is 27.0 Å². The zero-order valence-corrected chi connectivity index (χ0v) is 20.6. The molecule has 0 radical (unpaired) electrons. The summed E-state index contributed by atoms with van der Waals surface area (Å²) in [5.74, 6) is -0.590. The third-order valence-corrected chi connectivity index (χ3v) is 6.87. The van der Waals surface area contributed by atoms with Crippen LogP contribution in [0.3, 0.4) is 0 Å². The van der Waals surface area contributed by atoms with Gasteiger partial charge in [-0.25, -0.2) is 4.79 Å². The number of pyridine rings is 1. The number of aromatic nitrogens is 1. The van der Waals surface area contributed by atoms with Gasteiger partial charge in [-0.2, -0.15) is 0 Å². The summed E-state index contributed by atoms with van der Waals surface area (Å²) in [7, 11) is 3.90. The van der Waals surface area contributed by atoms with Crippen molar-refractivity contribution in [1.82, 2.24) is 14.4 Å². The predicted octanol–water partition coefficient (Wildman–Crippen LogP) is 2.76. The van der Waals surface area contributed by atoms with E-state index in [0.29, 0.717) is 45.0 Å². The molecular weight excluding hydrogens is 452 g/mol. The van der Waals surface area contributed by atoms with Crippen molar-refractivity contribution in [2.45, 2.75) is 13.5 Å². The molecule has 0 aliphatic carbocycles. The molecule has 3 heterocycles. The Balaban J connectivity index is 1.75. The van der Waals surface area contributed by atoms with Gasteiger partial charge in [-0.15, -0.1) is 11.3 Å². The maximum absolute atomic E-state index is 13.7. The molecule has 34 heavy (non-hydrogen) atoms. The second-order valence-corrected chi connectivity index (χ2v) is 9.43. The largest absolute Gasteiger partial charge is 0.462 e. The van der Waals surface area contributed by atoms with Crippen molar-refractivity contribution in [3.05, 3.63) is 62.6 Å². The average molecular weight is 483 g/mol. The SMILES string of the molecule is CCOC(=O)c1c(N2CCN(C(=O)c3cccs3)CC2)c2ccccc2n(CCN(C)C)c1=O. The number of anilines is 1. The molecule has 3 aromatic rings. The molecular formula is C25H30N4O4S. The number of rotatable bonds is 7. The van der Waals surface area contributed by atoms with Crippen LogP contribution in [0.15, 0.2) is 46.6 Å². The number of nitrogens with zero attached hydrogens (tertiary/aromatic N) is 4. The minimum atomic E-state index is -0.607. The Morgan fingerprint density at radius 2 is 1.79 bits per heavy atom. The second-order valence-electron chi connectivity index (χ2n) is 8.48. The summed E-state index contributed by atoms with van der Waals surface area (Å²) in [6, 6.07) is 11.4. The first-order valence-corrected chi connectivity index (χ1v) is 12.4. The zero-order valence-electron chi connectivity index (χ0n) is 19.8. The van der Waals surface area contributed by atoms with Crippen LogP contribution in [-0.4, -0.2) is 79.7 Å². The third kappa shape index (κ3) is 4.71. The molecule has 8 nitrogen and oxygen atoms in total. The van der Waals surface area contributed by atoms with Crippen molar-refractivity contribution in [3.63, 3.8) is 0 Å².